The normalized spacial score (nSPS) is 23.3. The molecule has 0 radical (unpaired) electrons. The molecule has 0 aromatic heterocycles. The highest BCUT2D eigenvalue weighted by Gasteiger charge is 2.34. The number of fused-ring (bicyclic) bond motifs is 1. The number of rotatable bonds is 2. The summed E-state index contributed by atoms with van der Waals surface area (Å²) in [7, 11) is 0. The van der Waals surface area contributed by atoms with Gasteiger partial charge in [-0.2, -0.15) is 11.8 Å². The molecule has 0 saturated heterocycles. The largest absolute Gasteiger partial charge is 0.467 e. The number of carbonyl (C=O) groups is 1. The molecule has 1 atom stereocenters. The number of thioether (sulfide) groups is 1. The van der Waals surface area contributed by atoms with Crippen LogP contribution in [0.4, 0.5) is 0 Å². The average Bonchev–Trinajstić information content (AvgIpc) is 2.15. The lowest BCUT2D eigenvalue weighted by molar-refractivity contribution is 0.0460. The molecule has 1 aliphatic heterocycles. The zero-order valence-electron chi connectivity index (χ0n) is 9.66. The van der Waals surface area contributed by atoms with E-state index < -0.39 is 5.72 Å². The number of carbonyl (C=O) groups excluding carboxylic acids is 1. The number of hydrogen-bond donors (Lipinski definition) is 1. The molecule has 3 nitrogen and oxygen atoms in total. The van der Waals surface area contributed by atoms with E-state index in [1.165, 1.54) is 0 Å². The van der Waals surface area contributed by atoms with Gasteiger partial charge in [0.2, 0.25) is 0 Å². The van der Waals surface area contributed by atoms with Crippen molar-refractivity contribution >= 4 is 17.7 Å². The van der Waals surface area contributed by atoms with Crippen LogP contribution in [0.3, 0.4) is 0 Å². The minimum Gasteiger partial charge on any atom is -0.467 e. The molecule has 4 heteroatoms. The molecule has 1 aliphatic rings. The second-order valence-corrected chi connectivity index (χ2v) is 5.09. The summed E-state index contributed by atoms with van der Waals surface area (Å²) in [5.41, 5.74) is 1.11. The summed E-state index contributed by atoms with van der Waals surface area (Å²) < 4.78 is 5.86. The van der Waals surface area contributed by atoms with Crippen LogP contribution in [0.5, 0.6) is 5.75 Å². The van der Waals surface area contributed by atoms with Gasteiger partial charge in [-0.1, -0.05) is 6.07 Å². The molecule has 86 valence electrons. The highest BCUT2D eigenvalue weighted by atomic mass is 32.2. The van der Waals surface area contributed by atoms with Crippen molar-refractivity contribution in [3.05, 3.63) is 29.3 Å². The zero-order valence-corrected chi connectivity index (χ0v) is 10.5. The molecule has 1 heterocycles. The summed E-state index contributed by atoms with van der Waals surface area (Å²) in [6.45, 7) is 3.88. The quantitative estimate of drug-likeness (QED) is 0.857. The Kier molecular flexibility index (Phi) is 2.84. The van der Waals surface area contributed by atoms with Crippen LogP contribution in [0, 0.1) is 6.92 Å². The Bertz CT molecular complexity index is 433. The molecule has 0 spiro atoms. The molecule has 1 aromatic rings. The minimum atomic E-state index is -0.600. The summed E-state index contributed by atoms with van der Waals surface area (Å²) in [4.78, 5) is 11.9. The summed E-state index contributed by atoms with van der Waals surface area (Å²) >= 11 is 1.65. The first-order chi connectivity index (χ1) is 7.54. The fourth-order valence-electron chi connectivity index (χ4n) is 1.82. The van der Waals surface area contributed by atoms with Gasteiger partial charge in [0.1, 0.15) is 5.75 Å². The van der Waals surface area contributed by atoms with E-state index in [0.717, 1.165) is 11.3 Å². The van der Waals surface area contributed by atoms with E-state index >= 15 is 0 Å². The third kappa shape index (κ3) is 2.02. The topological polar surface area (TPSA) is 38.3 Å². The molecular formula is C12H15NO2S. The maximum atomic E-state index is 11.9. The van der Waals surface area contributed by atoms with Gasteiger partial charge < -0.3 is 10.1 Å². The van der Waals surface area contributed by atoms with Gasteiger partial charge in [0.05, 0.1) is 11.3 Å². The van der Waals surface area contributed by atoms with Crippen molar-refractivity contribution in [3.8, 4) is 5.75 Å². The summed E-state index contributed by atoms with van der Waals surface area (Å²) in [6, 6.07) is 5.63. The molecular weight excluding hydrogens is 222 g/mol. The van der Waals surface area contributed by atoms with E-state index in [0.29, 0.717) is 11.3 Å². The predicted molar refractivity (Wildman–Crippen MR) is 66.1 cm³/mol. The van der Waals surface area contributed by atoms with E-state index in [-0.39, 0.29) is 5.91 Å². The molecule has 0 bridgehead atoms. The molecule has 0 saturated carbocycles. The Hall–Kier alpha value is -1.16. The van der Waals surface area contributed by atoms with E-state index in [1.54, 1.807) is 17.8 Å². The third-order valence-corrected chi connectivity index (χ3v) is 3.35. The average molecular weight is 237 g/mol. The zero-order chi connectivity index (χ0) is 11.8. The Morgan fingerprint density at radius 2 is 2.25 bits per heavy atom. The third-order valence-electron chi connectivity index (χ3n) is 2.51. The standard InChI is InChI=1S/C12H15NO2S/c1-8-4-5-9-10(6-8)15-12(2,7-16-3)13-11(9)14/h4-6H,7H2,1-3H3,(H,13,14). The number of ether oxygens (including phenoxy) is 1. The van der Waals surface area contributed by atoms with Gasteiger partial charge in [-0.05, 0) is 37.8 Å². The van der Waals surface area contributed by atoms with E-state index in [1.807, 2.05) is 32.2 Å². The smallest absolute Gasteiger partial charge is 0.258 e. The van der Waals surface area contributed by atoms with Gasteiger partial charge in [0, 0.05) is 0 Å². The fourth-order valence-corrected chi connectivity index (χ4v) is 2.50. The molecule has 0 fully saturated rings. The summed E-state index contributed by atoms with van der Waals surface area (Å²) in [5.74, 6) is 1.35. The maximum absolute atomic E-state index is 11.9. The van der Waals surface area contributed by atoms with Crippen LogP contribution in [0.15, 0.2) is 18.2 Å². The van der Waals surface area contributed by atoms with Gasteiger partial charge in [0.15, 0.2) is 5.72 Å². The van der Waals surface area contributed by atoms with Crippen molar-refractivity contribution in [2.45, 2.75) is 19.6 Å². The SMILES string of the molecule is CSCC1(C)NC(=O)c2ccc(C)cc2O1. The Balaban J connectivity index is 2.38. The molecule has 16 heavy (non-hydrogen) atoms. The van der Waals surface area contributed by atoms with Crippen LogP contribution >= 0.6 is 11.8 Å². The molecule has 1 amide bonds. The van der Waals surface area contributed by atoms with Gasteiger partial charge in [-0.15, -0.1) is 0 Å². The lowest BCUT2D eigenvalue weighted by atomic mass is 10.1. The van der Waals surface area contributed by atoms with Crippen LogP contribution in [0.2, 0.25) is 0 Å². The van der Waals surface area contributed by atoms with Crippen molar-refractivity contribution in [1.82, 2.24) is 5.32 Å². The number of amides is 1. The predicted octanol–water partition coefficient (Wildman–Crippen LogP) is 2.20. The first-order valence-electron chi connectivity index (χ1n) is 5.15. The summed E-state index contributed by atoms with van der Waals surface area (Å²) in [6.07, 6.45) is 1.99. The molecule has 1 N–H and O–H groups in total. The Morgan fingerprint density at radius 1 is 1.50 bits per heavy atom. The maximum Gasteiger partial charge on any atom is 0.258 e. The van der Waals surface area contributed by atoms with Crippen molar-refractivity contribution in [1.29, 1.82) is 0 Å². The summed E-state index contributed by atoms with van der Waals surface area (Å²) in [5, 5.41) is 2.89. The Morgan fingerprint density at radius 3 is 2.94 bits per heavy atom. The Labute approximate surface area is 99.6 Å². The number of aryl methyl sites for hydroxylation is 1. The highest BCUT2D eigenvalue weighted by molar-refractivity contribution is 7.98. The second-order valence-electron chi connectivity index (χ2n) is 4.22. The molecule has 0 aliphatic carbocycles. The van der Waals surface area contributed by atoms with Crippen molar-refractivity contribution in [2.75, 3.05) is 12.0 Å². The van der Waals surface area contributed by atoms with E-state index in [2.05, 4.69) is 5.32 Å². The monoisotopic (exact) mass is 237 g/mol. The first kappa shape index (κ1) is 11.3. The van der Waals surface area contributed by atoms with Gasteiger partial charge in [-0.3, -0.25) is 4.79 Å². The molecule has 2 rings (SSSR count). The first-order valence-corrected chi connectivity index (χ1v) is 6.54. The van der Waals surface area contributed by atoms with Crippen LogP contribution in [-0.4, -0.2) is 23.6 Å². The fraction of sp³-hybridized carbons (Fsp3) is 0.417. The van der Waals surface area contributed by atoms with Crippen molar-refractivity contribution in [3.63, 3.8) is 0 Å². The van der Waals surface area contributed by atoms with Crippen LogP contribution in [0.1, 0.15) is 22.8 Å². The van der Waals surface area contributed by atoms with Gasteiger partial charge >= 0.3 is 0 Å². The molecule has 1 unspecified atom stereocenters. The van der Waals surface area contributed by atoms with Crippen molar-refractivity contribution in [2.24, 2.45) is 0 Å². The van der Waals surface area contributed by atoms with E-state index in [4.69, 9.17) is 4.74 Å². The lowest BCUT2D eigenvalue weighted by Crippen LogP contribution is -2.55. The van der Waals surface area contributed by atoms with Gasteiger partial charge in [0.25, 0.3) is 5.91 Å². The van der Waals surface area contributed by atoms with Crippen LogP contribution in [-0.2, 0) is 0 Å². The number of benzene rings is 1. The van der Waals surface area contributed by atoms with E-state index in [9.17, 15) is 4.79 Å². The molecule has 1 aromatic carbocycles. The number of nitrogens with one attached hydrogen (secondary N) is 1. The second kappa shape index (κ2) is 4.01. The van der Waals surface area contributed by atoms with Crippen molar-refractivity contribution < 1.29 is 9.53 Å². The van der Waals surface area contributed by atoms with Crippen LogP contribution in [0.25, 0.3) is 0 Å². The number of hydrogen-bond acceptors (Lipinski definition) is 3. The van der Waals surface area contributed by atoms with Crippen LogP contribution < -0.4 is 10.1 Å². The lowest BCUT2D eigenvalue weighted by Gasteiger charge is -2.35. The highest BCUT2D eigenvalue weighted by Crippen LogP contribution is 2.29. The minimum absolute atomic E-state index is 0.0576. The van der Waals surface area contributed by atoms with Gasteiger partial charge in [-0.25, -0.2) is 0 Å².